The molecule has 144 valence electrons. The number of hydrogen-bond donors (Lipinski definition) is 1. The Kier molecular flexibility index (Phi) is 5.85. The second-order valence-corrected chi connectivity index (χ2v) is 6.18. The zero-order chi connectivity index (χ0) is 20.1. The van der Waals surface area contributed by atoms with E-state index in [0.29, 0.717) is 17.4 Å². The molecule has 2 aromatic heterocycles. The summed E-state index contributed by atoms with van der Waals surface area (Å²) in [6.45, 7) is -0.148. The first-order valence-corrected chi connectivity index (χ1v) is 8.58. The van der Waals surface area contributed by atoms with Crippen LogP contribution in [0.3, 0.4) is 0 Å². The number of nitrogens with one attached hydrogen (secondary N) is 1. The Balaban J connectivity index is 1.59. The van der Waals surface area contributed by atoms with Gasteiger partial charge >= 0.3 is 5.97 Å². The van der Waals surface area contributed by atoms with E-state index >= 15 is 0 Å². The van der Waals surface area contributed by atoms with Gasteiger partial charge in [0, 0.05) is 24.2 Å². The Bertz CT molecular complexity index is 1080. The smallest absolute Gasteiger partial charge is 0.359 e. The highest BCUT2D eigenvalue weighted by molar-refractivity contribution is 6.31. The lowest BCUT2D eigenvalue weighted by Gasteiger charge is -2.10. The number of halogens is 1. The van der Waals surface area contributed by atoms with Crippen LogP contribution in [0.1, 0.15) is 16.1 Å². The molecule has 0 aliphatic carbocycles. The number of aromatic nitrogens is 4. The van der Waals surface area contributed by atoms with Crippen LogP contribution in [0.5, 0.6) is 0 Å². The summed E-state index contributed by atoms with van der Waals surface area (Å²) in [5, 5.41) is 11.1. The number of amides is 1. The van der Waals surface area contributed by atoms with Crippen LogP contribution in [-0.4, -0.2) is 38.0 Å². The molecule has 0 bridgehead atoms. The van der Waals surface area contributed by atoms with E-state index in [-0.39, 0.29) is 11.3 Å². The standard InChI is InChI=1S/C18H16ClN5O4/c1-23-17(26)7-6-14(22-23)18(27)28-11-16(25)21-15-8-9-20-24(15)10-12-4-2-3-5-13(12)19/h2-9H,10-11H2,1H3,(H,21,25). The molecule has 10 heteroatoms. The molecule has 0 fully saturated rings. The van der Waals surface area contributed by atoms with Gasteiger partial charge < -0.3 is 10.1 Å². The molecule has 0 atom stereocenters. The van der Waals surface area contributed by atoms with Crippen molar-refractivity contribution >= 4 is 29.3 Å². The quantitative estimate of drug-likeness (QED) is 0.627. The number of anilines is 1. The summed E-state index contributed by atoms with van der Waals surface area (Å²) in [5.41, 5.74) is 0.412. The van der Waals surface area contributed by atoms with Crippen molar-refractivity contribution in [1.29, 1.82) is 0 Å². The van der Waals surface area contributed by atoms with Gasteiger partial charge in [-0.15, -0.1) is 0 Å². The lowest BCUT2D eigenvalue weighted by molar-refractivity contribution is -0.119. The fourth-order valence-corrected chi connectivity index (χ4v) is 2.54. The van der Waals surface area contributed by atoms with Crippen LogP contribution in [-0.2, 0) is 23.1 Å². The van der Waals surface area contributed by atoms with E-state index < -0.39 is 18.5 Å². The molecule has 3 rings (SSSR count). The second kappa shape index (κ2) is 8.49. The van der Waals surface area contributed by atoms with E-state index in [2.05, 4.69) is 15.5 Å². The lowest BCUT2D eigenvalue weighted by Crippen LogP contribution is -2.25. The van der Waals surface area contributed by atoms with Crippen LogP contribution >= 0.6 is 11.6 Å². The molecule has 1 aromatic carbocycles. The van der Waals surface area contributed by atoms with E-state index in [0.717, 1.165) is 10.2 Å². The molecule has 3 aromatic rings. The fraction of sp³-hybridized carbons (Fsp3) is 0.167. The maximum absolute atomic E-state index is 12.1. The van der Waals surface area contributed by atoms with Crippen molar-refractivity contribution in [3.63, 3.8) is 0 Å². The summed E-state index contributed by atoms with van der Waals surface area (Å²) in [5.74, 6) is -0.921. The molecule has 0 saturated carbocycles. The van der Waals surface area contributed by atoms with Gasteiger partial charge in [0.05, 0.1) is 12.7 Å². The first kappa shape index (κ1) is 19.3. The Hall–Kier alpha value is -3.46. The fourth-order valence-electron chi connectivity index (χ4n) is 2.35. The van der Waals surface area contributed by atoms with Crippen molar-refractivity contribution in [2.75, 3.05) is 11.9 Å². The molecule has 9 nitrogen and oxygen atoms in total. The molecule has 0 radical (unpaired) electrons. The van der Waals surface area contributed by atoms with Gasteiger partial charge in [0.25, 0.3) is 11.5 Å². The summed E-state index contributed by atoms with van der Waals surface area (Å²) in [4.78, 5) is 35.3. The molecule has 0 saturated heterocycles. The predicted molar refractivity (Wildman–Crippen MR) is 101 cm³/mol. The number of carbonyl (C=O) groups excluding carboxylic acids is 2. The summed E-state index contributed by atoms with van der Waals surface area (Å²) in [7, 11) is 1.41. The Morgan fingerprint density at radius 1 is 1.18 bits per heavy atom. The Morgan fingerprint density at radius 2 is 1.96 bits per heavy atom. The SMILES string of the molecule is Cn1nc(C(=O)OCC(=O)Nc2ccnn2Cc2ccccc2Cl)ccc1=O. The Morgan fingerprint density at radius 3 is 2.71 bits per heavy atom. The molecular weight excluding hydrogens is 386 g/mol. The summed E-state index contributed by atoms with van der Waals surface area (Å²) in [6, 6.07) is 11.4. The molecule has 0 unspecified atom stereocenters. The van der Waals surface area contributed by atoms with E-state index in [1.165, 1.54) is 25.4 Å². The van der Waals surface area contributed by atoms with Crippen LogP contribution in [0, 0.1) is 0 Å². The number of benzene rings is 1. The van der Waals surface area contributed by atoms with Gasteiger partial charge in [-0.05, 0) is 17.7 Å². The second-order valence-electron chi connectivity index (χ2n) is 5.77. The largest absolute Gasteiger partial charge is 0.451 e. The third-order valence-corrected chi connectivity index (χ3v) is 4.13. The molecule has 28 heavy (non-hydrogen) atoms. The van der Waals surface area contributed by atoms with E-state index in [1.807, 2.05) is 18.2 Å². The zero-order valence-electron chi connectivity index (χ0n) is 14.8. The van der Waals surface area contributed by atoms with Crippen LogP contribution in [0.2, 0.25) is 5.02 Å². The number of carbonyl (C=O) groups is 2. The van der Waals surface area contributed by atoms with Crippen molar-refractivity contribution < 1.29 is 14.3 Å². The van der Waals surface area contributed by atoms with Gasteiger partial charge in [0.15, 0.2) is 12.3 Å². The zero-order valence-corrected chi connectivity index (χ0v) is 15.6. The average molecular weight is 402 g/mol. The first-order valence-electron chi connectivity index (χ1n) is 8.20. The highest BCUT2D eigenvalue weighted by Crippen LogP contribution is 2.18. The number of esters is 1. The van der Waals surface area contributed by atoms with Crippen molar-refractivity contribution in [3.05, 3.63) is 75.3 Å². The van der Waals surface area contributed by atoms with Crippen molar-refractivity contribution in [1.82, 2.24) is 19.6 Å². The molecule has 0 spiro atoms. The third-order valence-electron chi connectivity index (χ3n) is 3.77. The first-order chi connectivity index (χ1) is 13.4. The van der Waals surface area contributed by atoms with Crippen molar-refractivity contribution in [2.45, 2.75) is 6.54 Å². The predicted octanol–water partition coefficient (Wildman–Crippen LogP) is 1.47. The number of ether oxygens (including phenoxy) is 1. The molecule has 0 aliphatic heterocycles. The highest BCUT2D eigenvalue weighted by Gasteiger charge is 2.14. The van der Waals surface area contributed by atoms with Crippen LogP contribution < -0.4 is 10.9 Å². The van der Waals surface area contributed by atoms with Gasteiger partial charge in [-0.25, -0.2) is 14.2 Å². The summed E-state index contributed by atoms with van der Waals surface area (Å²) < 4.78 is 7.50. The lowest BCUT2D eigenvalue weighted by atomic mass is 10.2. The van der Waals surface area contributed by atoms with E-state index in [9.17, 15) is 14.4 Å². The van der Waals surface area contributed by atoms with Crippen LogP contribution in [0.25, 0.3) is 0 Å². The molecule has 0 aliphatic rings. The summed E-state index contributed by atoms with van der Waals surface area (Å²) in [6.07, 6.45) is 1.53. The van der Waals surface area contributed by atoms with Gasteiger partial charge in [-0.1, -0.05) is 29.8 Å². The Labute approximate surface area is 164 Å². The minimum Gasteiger partial charge on any atom is -0.451 e. The highest BCUT2D eigenvalue weighted by atomic mass is 35.5. The van der Waals surface area contributed by atoms with Gasteiger partial charge in [0.2, 0.25) is 0 Å². The number of rotatable bonds is 6. The van der Waals surface area contributed by atoms with Gasteiger partial charge in [0.1, 0.15) is 5.82 Å². The van der Waals surface area contributed by atoms with Crippen molar-refractivity contribution in [3.8, 4) is 0 Å². The minimum absolute atomic E-state index is 0.0707. The molecule has 1 amide bonds. The normalized spacial score (nSPS) is 10.5. The maximum atomic E-state index is 12.1. The molecule has 2 heterocycles. The summed E-state index contributed by atoms with van der Waals surface area (Å²) >= 11 is 6.15. The molecular formula is C18H16ClN5O4. The third kappa shape index (κ3) is 4.63. The topological polar surface area (TPSA) is 108 Å². The van der Waals surface area contributed by atoms with Gasteiger partial charge in [-0.2, -0.15) is 10.2 Å². The average Bonchev–Trinajstić information content (AvgIpc) is 3.10. The number of hydrogen-bond acceptors (Lipinski definition) is 6. The monoisotopic (exact) mass is 401 g/mol. The van der Waals surface area contributed by atoms with Gasteiger partial charge in [-0.3, -0.25) is 9.59 Å². The number of nitrogens with zero attached hydrogens (tertiary/aromatic N) is 4. The van der Waals surface area contributed by atoms with E-state index in [1.54, 1.807) is 16.8 Å². The van der Waals surface area contributed by atoms with E-state index in [4.69, 9.17) is 16.3 Å². The number of aryl methyl sites for hydroxylation is 1. The minimum atomic E-state index is -0.810. The molecule has 1 N–H and O–H groups in total. The van der Waals surface area contributed by atoms with Crippen LogP contribution in [0.4, 0.5) is 5.82 Å². The maximum Gasteiger partial charge on any atom is 0.359 e. The van der Waals surface area contributed by atoms with Crippen LogP contribution in [0.15, 0.2) is 53.5 Å². The van der Waals surface area contributed by atoms with Crippen molar-refractivity contribution in [2.24, 2.45) is 7.05 Å².